The maximum atomic E-state index is 10.9. The Bertz CT molecular complexity index is 624. The van der Waals surface area contributed by atoms with E-state index in [-0.39, 0.29) is 0 Å². The van der Waals surface area contributed by atoms with Crippen molar-refractivity contribution in [3.8, 4) is 0 Å². The second kappa shape index (κ2) is 5.41. The van der Waals surface area contributed by atoms with Gasteiger partial charge in [-0.2, -0.15) is 0 Å². The van der Waals surface area contributed by atoms with Crippen LogP contribution in [0, 0.1) is 41.5 Å². The number of aliphatic hydroxyl groups is 1. The number of aliphatic hydroxyl groups excluding tert-OH is 1. The Balaban J connectivity index is 2.68. The molecule has 2 aromatic carbocycles. The highest BCUT2D eigenvalue weighted by molar-refractivity contribution is 5.52. The number of hydrogen-bond acceptors (Lipinski definition) is 1. The molecule has 106 valence electrons. The lowest BCUT2D eigenvalue weighted by atomic mass is 9.84. The van der Waals surface area contributed by atoms with Crippen molar-refractivity contribution in [1.82, 2.24) is 0 Å². The van der Waals surface area contributed by atoms with Gasteiger partial charge in [-0.3, -0.25) is 0 Å². The molecule has 20 heavy (non-hydrogen) atoms. The van der Waals surface area contributed by atoms with E-state index in [0.717, 1.165) is 16.7 Å². The molecule has 0 radical (unpaired) electrons. The van der Waals surface area contributed by atoms with Crippen LogP contribution >= 0.6 is 0 Å². The molecule has 1 nitrogen and oxygen atoms in total. The molecular weight excluding hydrogens is 244 g/mol. The third-order valence-electron chi connectivity index (χ3n) is 4.81. The quantitative estimate of drug-likeness (QED) is 0.842. The van der Waals surface area contributed by atoms with Gasteiger partial charge in [0.05, 0.1) is 0 Å². The van der Waals surface area contributed by atoms with Crippen molar-refractivity contribution in [2.45, 2.75) is 47.6 Å². The molecule has 0 saturated carbocycles. The molecule has 0 aliphatic carbocycles. The van der Waals surface area contributed by atoms with E-state index in [9.17, 15) is 5.11 Å². The summed E-state index contributed by atoms with van der Waals surface area (Å²) >= 11 is 0. The van der Waals surface area contributed by atoms with E-state index in [4.69, 9.17) is 0 Å². The topological polar surface area (TPSA) is 20.2 Å². The van der Waals surface area contributed by atoms with Crippen LogP contribution in [-0.4, -0.2) is 5.11 Å². The minimum Gasteiger partial charge on any atom is -0.384 e. The first-order chi connectivity index (χ1) is 9.36. The zero-order chi connectivity index (χ0) is 15.0. The molecule has 0 amide bonds. The zero-order valence-electron chi connectivity index (χ0n) is 13.3. The predicted molar refractivity (Wildman–Crippen MR) is 85.4 cm³/mol. The predicted octanol–water partition coefficient (Wildman–Crippen LogP) is 4.62. The Hall–Kier alpha value is -1.60. The Morgan fingerprint density at radius 3 is 1.65 bits per heavy atom. The molecule has 0 bridgehead atoms. The van der Waals surface area contributed by atoms with Gasteiger partial charge in [-0.1, -0.05) is 24.3 Å². The Morgan fingerprint density at radius 1 is 0.700 bits per heavy atom. The molecule has 0 aliphatic heterocycles. The average molecular weight is 268 g/mol. The second-order valence-corrected chi connectivity index (χ2v) is 5.80. The Morgan fingerprint density at radius 2 is 1.15 bits per heavy atom. The van der Waals surface area contributed by atoms with E-state index in [0.29, 0.717) is 0 Å². The molecule has 0 saturated heterocycles. The van der Waals surface area contributed by atoms with Gasteiger partial charge in [0, 0.05) is 0 Å². The number of rotatable bonds is 2. The largest absolute Gasteiger partial charge is 0.384 e. The van der Waals surface area contributed by atoms with E-state index in [2.05, 4.69) is 47.6 Å². The highest BCUT2D eigenvalue weighted by atomic mass is 16.3. The van der Waals surface area contributed by atoms with Crippen LogP contribution in [-0.2, 0) is 0 Å². The van der Waals surface area contributed by atoms with E-state index >= 15 is 0 Å². The summed E-state index contributed by atoms with van der Waals surface area (Å²) in [4.78, 5) is 0. The summed E-state index contributed by atoms with van der Waals surface area (Å²) in [6.45, 7) is 12.7. The van der Waals surface area contributed by atoms with Crippen molar-refractivity contribution in [3.05, 3.63) is 68.8 Å². The van der Waals surface area contributed by atoms with Crippen LogP contribution in [0.5, 0.6) is 0 Å². The molecule has 1 heteroatoms. The lowest BCUT2D eigenvalue weighted by Crippen LogP contribution is -2.10. The highest BCUT2D eigenvalue weighted by Gasteiger charge is 2.20. The number of aryl methyl sites for hydroxylation is 1. The van der Waals surface area contributed by atoms with Gasteiger partial charge in [0.2, 0.25) is 0 Å². The first-order valence-electron chi connectivity index (χ1n) is 7.16. The van der Waals surface area contributed by atoms with Crippen LogP contribution in [0.4, 0.5) is 0 Å². The summed E-state index contributed by atoms with van der Waals surface area (Å²) in [6, 6.07) is 8.07. The summed E-state index contributed by atoms with van der Waals surface area (Å²) in [5.41, 5.74) is 9.53. The molecule has 2 rings (SSSR count). The van der Waals surface area contributed by atoms with Crippen LogP contribution in [0.2, 0.25) is 0 Å². The lowest BCUT2D eigenvalue weighted by molar-refractivity contribution is 0.218. The molecule has 1 atom stereocenters. The third kappa shape index (κ3) is 2.27. The molecule has 2 aromatic rings. The molecular formula is C19H24O. The van der Waals surface area contributed by atoms with Gasteiger partial charge in [0.25, 0.3) is 0 Å². The van der Waals surface area contributed by atoms with Crippen molar-refractivity contribution >= 4 is 0 Å². The smallest absolute Gasteiger partial charge is 0.105 e. The van der Waals surface area contributed by atoms with Gasteiger partial charge < -0.3 is 5.11 Å². The molecule has 1 N–H and O–H groups in total. The summed E-state index contributed by atoms with van der Waals surface area (Å²) in [5, 5.41) is 10.9. The second-order valence-electron chi connectivity index (χ2n) is 5.80. The minimum atomic E-state index is -0.547. The van der Waals surface area contributed by atoms with Crippen LogP contribution in [0.1, 0.15) is 50.6 Å². The molecule has 0 fully saturated rings. The highest BCUT2D eigenvalue weighted by Crippen LogP contribution is 2.34. The average Bonchev–Trinajstić information content (AvgIpc) is 2.43. The van der Waals surface area contributed by atoms with Crippen molar-refractivity contribution in [3.63, 3.8) is 0 Å². The SMILES string of the molecule is Cc1ccccc1C(O)c1c(C)c(C)c(C)c(C)c1C. The molecule has 0 spiro atoms. The van der Waals surface area contributed by atoms with E-state index < -0.39 is 6.10 Å². The van der Waals surface area contributed by atoms with Gasteiger partial charge in [-0.05, 0) is 86.1 Å². The maximum Gasteiger partial charge on any atom is 0.105 e. The Labute approximate surface area is 122 Å². The first-order valence-corrected chi connectivity index (χ1v) is 7.16. The van der Waals surface area contributed by atoms with E-state index in [1.165, 1.54) is 27.8 Å². The van der Waals surface area contributed by atoms with Gasteiger partial charge >= 0.3 is 0 Å². The van der Waals surface area contributed by atoms with Gasteiger partial charge in [-0.25, -0.2) is 0 Å². The zero-order valence-corrected chi connectivity index (χ0v) is 13.3. The molecule has 1 unspecified atom stereocenters. The van der Waals surface area contributed by atoms with Crippen LogP contribution in [0.3, 0.4) is 0 Å². The third-order valence-corrected chi connectivity index (χ3v) is 4.81. The number of hydrogen-bond donors (Lipinski definition) is 1. The van der Waals surface area contributed by atoms with Gasteiger partial charge in [0.1, 0.15) is 6.10 Å². The van der Waals surface area contributed by atoms with Crippen LogP contribution < -0.4 is 0 Å². The molecule has 0 heterocycles. The molecule has 0 aromatic heterocycles. The van der Waals surface area contributed by atoms with Crippen molar-refractivity contribution in [2.75, 3.05) is 0 Å². The fourth-order valence-electron chi connectivity index (χ4n) is 2.99. The summed E-state index contributed by atoms with van der Waals surface area (Å²) in [7, 11) is 0. The summed E-state index contributed by atoms with van der Waals surface area (Å²) < 4.78 is 0. The summed E-state index contributed by atoms with van der Waals surface area (Å²) in [6.07, 6.45) is -0.547. The van der Waals surface area contributed by atoms with E-state index in [1.807, 2.05) is 18.2 Å². The molecule has 0 aliphatic rings. The number of benzene rings is 2. The lowest BCUT2D eigenvalue weighted by Gasteiger charge is -2.23. The van der Waals surface area contributed by atoms with Gasteiger partial charge in [0.15, 0.2) is 0 Å². The van der Waals surface area contributed by atoms with Crippen LogP contribution in [0.15, 0.2) is 24.3 Å². The monoisotopic (exact) mass is 268 g/mol. The standard InChI is InChI=1S/C19H24O/c1-11-9-7-8-10-17(11)19(20)18-15(5)13(3)12(2)14(4)16(18)6/h7-10,19-20H,1-6H3. The summed E-state index contributed by atoms with van der Waals surface area (Å²) in [5.74, 6) is 0. The fourth-order valence-corrected chi connectivity index (χ4v) is 2.99. The first kappa shape index (κ1) is 14.8. The van der Waals surface area contributed by atoms with Gasteiger partial charge in [-0.15, -0.1) is 0 Å². The van der Waals surface area contributed by atoms with Crippen LogP contribution in [0.25, 0.3) is 0 Å². The Kier molecular flexibility index (Phi) is 4.01. The minimum absolute atomic E-state index is 0.547. The normalized spacial score (nSPS) is 12.6. The fraction of sp³-hybridized carbons (Fsp3) is 0.368. The van der Waals surface area contributed by atoms with Crippen molar-refractivity contribution in [1.29, 1.82) is 0 Å². The van der Waals surface area contributed by atoms with Crippen molar-refractivity contribution in [2.24, 2.45) is 0 Å². The van der Waals surface area contributed by atoms with Crippen molar-refractivity contribution < 1.29 is 5.11 Å². The van der Waals surface area contributed by atoms with E-state index in [1.54, 1.807) is 0 Å². The maximum absolute atomic E-state index is 10.9.